The number of halogens is 1. The maximum absolute atomic E-state index is 5.79. The number of nitrogens with zero attached hydrogens (tertiary/aromatic N) is 5. The van der Waals surface area contributed by atoms with Crippen LogP contribution < -0.4 is 10.1 Å². The van der Waals surface area contributed by atoms with Crippen molar-refractivity contribution >= 4 is 23.4 Å². The fourth-order valence-electron chi connectivity index (χ4n) is 1.24. The van der Waals surface area contributed by atoms with Crippen LogP contribution in [0.1, 0.15) is 13.3 Å². The molecular weight excluding hydrogens is 256 g/mol. The number of rotatable bonds is 5. The lowest BCUT2D eigenvalue weighted by molar-refractivity contribution is 0.292. The second-order valence-corrected chi connectivity index (χ2v) is 3.90. The summed E-state index contributed by atoms with van der Waals surface area (Å²) in [7, 11) is 1.82. The van der Waals surface area contributed by atoms with Crippen molar-refractivity contribution in [2.24, 2.45) is 7.05 Å². The lowest BCUT2D eigenvalue weighted by atomic mass is 10.5. The number of hydrogen-bond acceptors (Lipinski definition) is 6. The third-order valence-electron chi connectivity index (χ3n) is 1.98. The largest absolute Gasteiger partial charge is 0.463 e. The van der Waals surface area contributed by atoms with Gasteiger partial charge in [-0.15, -0.1) is 0 Å². The van der Waals surface area contributed by atoms with Gasteiger partial charge in [0.15, 0.2) is 5.82 Å². The van der Waals surface area contributed by atoms with Gasteiger partial charge >= 0.3 is 6.01 Å². The minimum atomic E-state index is 0.0783. The summed E-state index contributed by atoms with van der Waals surface area (Å²) in [6, 6.07) is 2.00. The molecule has 2 heterocycles. The zero-order valence-electron chi connectivity index (χ0n) is 10.1. The summed E-state index contributed by atoms with van der Waals surface area (Å²) in [4.78, 5) is 11.9. The first kappa shape index (κ1) is 12.6. The van der Waals surface area contributed by atoms with E-state index < -0.39 is 0 Å². The Hall–Kier alpha value is -1.89. The first-order chi connectivity index (χ1) is 8.67. The molecule has 0 amide bonds. The quantitative estimate of drug-likeness (QED) is 0.891. The van der Waals surface area contributed by atoms with Crippen molar-refractivity contribution in [1.82, 2.24) is 24.7 Å². The molecule has 0 radical (unpaired) electrons. The minimum Gasteiger partial charge on any atom is -0.463 e. The monoisotopic (exact) mass is 268 g/mol. The Bertz CT molecular complexity index is 529. The SMILES string of the molecule is CCCOc1nc(Cl)nc(Nc2ccn(C)n2)n1. The normalized spacial score (nSPS) is 10.4. The van der Waals surface area contributed by atoms with Gasteiger partial charge in [-0.3, -0.25) is 4.68 Å². The van der Waals surface area contributed by atoms with Crippen LogP contribution in [0.25, 0.3) is 0 Å². The summed E-state index contributed by atoms with van der Waals surface area (Å²) in [5.74, 6) is 0.931. The van der Waals surface area contributed by atoms with E-state index in [4.69, 9.17) is 16.3 Å². The molecule has 1 N–H and O–H groups in total. The van der Waals surface area contributed by atoms with E-state index in [1.54, 1.807) is 16.9 Å². The van der Waals surface area contributed by atoms with Gasteiger partial charge in [0.05, 0.1) is 6.61 Å². The van der Waals surface area contributed by atoms with Crippen molar-refractivity contribution in [2.45, 2.75) is 13.3 Å². The Morgan fingerprint density at radius 3 is 2.89 bits per heavy atom. The van der Waals surface area contributed by atoms with Gasteiger partial charge in [0, 0.05) is 19.3 Å². The molecule has 2 aromatic heterocycles. The van der Waals surface area contributed by atoms with Gasteiger partial charge in [0.2, 0.25) is 11.2 Å². The zero-order chi connectivity index (χ0) is 13.0. The standard InChI is InChI=1S/C10H13ClN6O/c1-3-6-18-10-14-8(11)13-9(15-10)12-7-4-5-17(2)16-7/h4-5H,3,6H2,1-2H3,(H,12,13,14,15,16). The van der Waals surface area contributed by atoms with E-state index in [1.807, 2.05) is 14.0 Å². The van der Waals surface area contributed by atoms with Crippen LogP contribution in [0.5, 0.6) is 6.01 Å². The predicted octanol–water partition coefficient (Wildman–Crippen LogP) is 1.79. The minimum absolute atomic E-state index is 0.0783. The Morgan fingerprint density at radius 2 is 2.22 bits per heavy atom. The molecule has 18 heavy (non-hydrogen) atoms. The van der Waals surface area contributed by atoms with Gasteiger partial charge in [0.1, 0.15) is 0 Å². The number of hydrogen-bond donors (Lipinski definition) is 1. The molecule has 0 spiro atoms. The fraction of sp³-hybridized carbons (Fsp3) is 0.400. The summed E-state index contributed by atoms with van der Waals surface area (Å²) >= 11 is 5.79. The molecular formula is C10H13ClN6O. The van der Waals surface area contributed by atoms with E-state index in [0.717, 1.165) is 6.42 Å². The first-order valence-electron chi connectivity index (χ1n) is 5.48. The average molecular weight is 269 g/mol. The van der Waals surface area contributed by atoms with Crippen LogP contribution in [0, 0.1) is 0 Å². The third-order valence-corrected chi connectivity index (χ3v) is 2.15. The Kier molecular flexibility index (Phi) is 3.93. The van der Waals surface area contributed by atoms with Crippen LogP contribution in [0.3, 0.4) is 0 Å². The first-order valence-corrected chi connectivity index (χ1v) is 5.86. The number of anilines is 2. The van der Waals surface area contributed by atoms with Crippen molar-refractivity contribution in [1.29, 1.82) is 0 Å². The topological polar surface area (TPSA) is 77.8 Å². The second kappa shape index (κ2) is 5.63. The lowest BCUT2D eigenvalue weighted by Gasteiger charge is -2.05. The van der Waals surface area contributed by atoms with Gasteiger partial charge in [-0.1, -0.05) is 6.92 Å². The molecule has 0 unspecified atom stereocenters. The van der Waals surface area contributed by atoms with Crippen molar-refractivity contribution < 1.29 is 4.74 Å². The van der Waals surface area contributed by atoms with Gasteiger partial charge in [0.25, 0.3) is 0 Å². The number of ether oxygens (including phenoxy) is 1. The maximum atomic E-state index is 5.79. The summed E-state index contributed by atoms with van der Waals surface area (Å²) in [6.07, 6.45) is 2.67. The highest BCUT2D eigenvalue weighted by molar-refractivity contribution is 6.28. The van der Waals surface area contributed by atoms with E-state index in [9.17, 15) is 0 Å². The highest BCUT2D eigenvalue weighted by Crippen LogP contribution is 2.15. The van der Waals surface area contributed by atoms with E-state index in [-0.39, 0.29) is 11.3 Å². The third kappa shape index (κ3) is 3.30. The molecule has 0 atom stereocenters. The molecule has 96 valence electrons. The zero-order valence-corrected chi connectivity index (χ0v) is 10.8. The Morgan fingerprint density at radius 1 is 1.39 bits per heavy atom. The Labute approximate surface area is 109 Å². The molecule has 0 saturated carbocycles. The molecule has 0 aliphatic carbocycles. The summed E-state index contributed by atoms with van der Waals surface area (Å²) < 4.78 is 6.97. The van der Waals surface area contributed by atoms with E-state index in [1.165, 1.54) is 0 Å². The van der Waals surface area contributed by atoms with Crippen LogP contribution in [0.2, 0.25) is 5.28 Å². The summed E-state index contributed by atoms with van der Waals surface area (Å²) in [6.45, 7) is 2.53. The van der Waals surface area contributed by atoms with Crippen molar-refractivity contribution in [3.8, 4) is 6.01 Å². The van der Waals surface area contributed by atoms with E-state index in [0.29, 0.717) is 18.4 Å². The predicted molar refractivity (Wildman–Crippen MR) is 67.1 cm³/mol. The molecule has 2 rings (SSSR count). The smallest absolute Gasteiger partial charge is 0.322 e. The second-order valence-electron chi connectivity index (χ2n) is 3.56. The maximum Gasteiger partial charge on any atom is 0.322 e. The van der Waals surface area contributed by atoms with Crippen LogP contribution in [-0.2, 0) is 7.05 Å². The molecule has 2 aromatic rings. The van der Waals surface area contributed by atoms with E-state index >= 15 is 0 Å². The molecule has 0 aliphatic heterocycles. The van der Waals surface area contributed by atoms with Crippen molar-refractivity contribution in [3.05, 3.63) is 17.5 Å². The fourth-order valence-corrected chi connectivity index (χ4v) is 1.39. The molecule has 0 aliphatic rings. The van der Waals surface area contributed by atoms with Gasteiger partial charge in [-0.25, -0.2) is 0 Å². The van der Waals surface area contributed by atoms with Crippen molar-refractivity contribution in [2.75, 3.05) is 11.9 Å². The van der Waals surface area contributed by atoms with E-state index in [2.05, 4.69) is 25.4 Å². The number of aryl methyl sites for hydroxylation is 1. The summed E-state index contributed by atoms with van der Waals surface area (Å²) in [5, 5.41) is 7.15. The van der Waals surface area contributed by atoms with Crippen molar-refractivity contribution in [3.63, 3.8) is 0 Å². The number of nitrogens with one attached hydrogen (secondary N) is 1. The lowest BCUT2D eigenvalue weighted by Crippen LogP contribution is -2.05. The summed E-state index contributed by atoms with van der Waals surface area (Å²) in [5.41, 5.74) is 0. The van der Waals surface area contributed by atoms with Crippen LogP contribution in [0.4, 0.5) is 11.8 Å². The Balaban J connectivity index is 2.14. The van der Waals surface area contributed by atoms with Crippen LogP contribution in [0.15, 0.2) is 12.3 Å². The highest BCUT2D eigenvalue weighted by atomic mass is 35.5. The van der Waals surface area contributed by atoms with Gasteiger partial charge in [-0.2, -0.15) is 20.1 Å². The number of aromatic nitrogens is 5. The molecule has 0 fully saturated rings. The average Bonchev–Trinajstić information content (AvgIpc) is 2.71. The van der Waals surface area contributed by atoms with Gasteiger partial charge < -0.3 is 10.1 Å². The van der Waals surface area contributed by atoms with Crippen LogP contribution in [-0.4, -0.2) is 31.3 Å². The molecule has 0 saturated heterocycles. The molecule has 0 aromatic carbocycles. The molecule has 7 nitrogen and oxygen atoms in total. The highest BCUT2D eigenvalue weighted by Gasteiger charge is 2.07. The molecule has 8 heteroatoms. The van der Waals surface area contributed by atoms with Crippen LogP contribution >= 0.6 is 11.6 Å². The molecule has 0 bridgehead atoms. The van der Waals surface area contributed by atoms with Gasteiger partial charge in [-0.05, 0) is 18.0 Å².